The van der Waals surface area contributed by atoms with Gasteiger partial charge in [-0.2, -0.15) is 13.2 Å². The zero-order chi connectivity index (χ0) is 21.2. The highest BCUT2D eigenvalue weighted by Crippen LogP contribution is 2.38. The Morgan fingerprint density at radius 1 is 0.862 bits per heavy atom. The van der Waals surface area contributed by atoms with E-state index in [4.69, 9.17) is 4.74 Å². The first kappa shape index (κ1) is 20.4. The van der Waals surface area contributed by atoms with Crippen LogP contribution in [0.1, 0.15) is 11.1 Å². The molecule has 152 valence electrons. The van der Waals surface area contributed by atoms with E-state index in [1.165, 1.54) is 12.1 Å². The number of pyridine rings is 1. The minimum absolute atomic E-state index is 0.120. The summed E-state index contributed by atoms with van der Waals surface area (Å²) in [6.07, 6.45) is -3.70. The SMILES string of the molecule is Fc1cc(F)c(CNc2ccc(Oc3cc(F)ccc3C(F)(F)F)cn2)c(F)c1. The summed E-state index contributed by atoms with van der Waals surface area (Å²) in [6.45, 7) is -0.354. The first-order valence-corrected chi connectivity index (χ1v) is 8.01. The van der Waals surface area contributed by atoms with Crippen molar-refractivity contribution in [1.82, 2.24) is 4.98 Å². The molecule has 1 heterocycles. The number of hydrogen-bond acceptors (Lipinski definition) is 3. The summed E-state index contributed by atoms with van der Waals surface area (Å²) in [5, 5.41) is 2.59. The van der Waals surface area contributed by atoms with Gasteiger partial charge in [0.05, 0.1) is 11.8 Å². The average Bonchev–Trinajstić information content (AvgIpc) is 2.61. The van der Waals surface area contributed by atoms with Crippen LogP contribution in [0.25, 0.3) is 0 Å². The van der Waals surface area contributed by atoms with Crippen LogP contribution in [0, 0.1) is 23.3 Å². The number of aromatic nitrogens is 1. The lowest BCUT2D eigenvalue weighted by molar-refractivity contribution is -0.138. The highest BCUT2D eigenvalue weighted by Gasteiger charge is 2.34. The van der Waals surface area contributed by atoms with Gasteiger partial charge in [0.25, 0.3) is 0 Å². The first-order chi connectivity index (χ1) is 13.6. The number of benzene rings is 2. The summed E-state index contributed by atoms with van der Waals surface area (Å²) >= 11 is 0. The van der Waals surface area contributed by atoms with Crippen molar-refractivity contribution in [3.05, 3.63) is 83.1 Å². The molecule has 0 aliphatic rings. The Morgan fingerprint density at radius 2 is 1.55 bits per heavy atom. The molecule has 0 atom stereocenters. The van der Waals surface area contributed by atoms with E-state index in [0.717, 1.165) is 6.20 Å². The molecule has 3 rings (SSSR count). The Labute approximate surface area is 159 Å². The van der Waals surface area contributed by atoms with E-state index < -0.39 is 46.3 Å². The predicted octanol–water partition coefficient (Wildman–Crippen LogP) is 6.06. The lowest BCUT2D eigenvalue weighted by Gasteiger charge is -2.14. The highest BCUT2D eigenvalue weighted by molar-refractivity contribution is 5.43. The third-order valence-electron chi connectivity index (χ3n) is 3.77. The third-order valence-corrected chi connectivity index (χ3v) is 3.77. The number of nitrogens with zero attached hydrogens (tertiary/aromatic N) is 1. The zero-order valence-electron chi connectivity index (χ0n) is 14.3. The second-order valence-corrected chi connectivity index (χ2v) is 5.82. The van der Waals surface area contributed by atoms with Crippen molar-refractivity contribution in [1.29, 1.82) is 0 Å². The topological polar surface area (TPSA) is 34.1 Å². The third kappa shape index (κ3) is 4.95. The molecule has 1 N–H and O–H groups in total. The van der Waals surface area contributed by atoms with Crippen LogP contribution in [0.4, 0.5) is 36.6 Å². The van der Waals surface area contributed by atoms with Gasteiger partial charge in [0.15, 0.2) is 0 Å². The Bertz CT molecular complexity index is 997. The maximum Gasteiger partial charge on any atom is 0.419 e. The second-order valence-electron chi connectivity index (χ2n) is 5.82. The van der Waals surface area contributed by atoms with Gasteiger partial charge in [0.1, 0.15) is 40.6 Å². The number of anilines is 1. The largest absolute Gasteiger partial charge is 0.455 e. The van der Waals surface area contributed by atoms with Crippen molar-refractivity contribution in [2.45, 2.75) is 12.7 Å². The van der Waals surface area contributed by atoms with Gasteiger partial charge in [0, 0.05) is 30.3 Å². The van der Waals surface area contributed by atoms with Gasteiger partial charge < -0.3 is 10.1 Å². The van der Waals surface area contributed by atoms with Gasteiger partial charge in [-0.25, -0.2) is 22.5 Å². The standard InChI is InChI=1S/C19H11F7N2O/c20-10-1-3-14(19(24,25)26)17(7-10)29-12-2-4-18(27-8-12)28-9-13-15(22)5-11(21)6-16(13)23/h1-8H,9H2,(H,27,28). The molecule has 0 spiro atoms. The minimum atomic E-state index is -4.75. The molecule has 0 aliphatic heterocycles. The van der Waals surface area contributed by atoms with Crippen LogP contribution in [0.15, 0.2) is 48.7 Å². The maximum atomic E-state index is 13.6. The molecule has 0 saturated heterocycles. The smallest absolute Gasteiger partial charge is 0.419 e. The average molecular weight is 416 g/mol. The van der Waals surface area contributed by atoms with Crippen molar-refractivity contribution in [3.8, 4) is 11.5 Å². The number of nitrogens with one attached hydrogen (secondary N) is 1. The summed E-state index contributed by atoms with van der Waals surface area (Å²) in [4.78, 5) is 3.85. The summed E-state index contributed by atoms with van der Waals surface area (Å²) < 4.78 is 97.4. The van der Waals surface area contributed by atoms with Crippen LogP contribution in [0.5, 0.6) is 11.5 Å². The van der Waals surface area contributed by atoms with Gasteiger partial charge in [-0.1, -0.05) is 0 Å². The predicted molar refractivity (Wildman–Crippen MR) is 89.4 cm³/mol. The van der Waals surface area contributed by atoms with Crippen LogP contribution in [-0.2, 0) is 12.7 Å². The number of ether oxygens (including phenoxy) is 1. The molecule has 0 saturated carbocycles. The minimum Gasteiger partial charge on any atom is -0.455 e. The van der Waals surface area contributed by atoms with E-state index in [9.17, 15) is 30.7 Å². The van der Waals surface area contributed by atoms with E-state index >= 15 is 0 Å². The number of halogens is 7. The number of rotatable bonds is 5. The molecule has 1 aromatic heterocycles. The first-order valence-electron chi connectivity index (χ1n) is 8.01. The Hall–Kier alpha value is -3.30. The summed E-state index contributed by atoms with van der Waals surface area (Å²) in [7, 11) is 0. The lowest BCUT2D eigenvalue weighted by atomic mass is 10.2. The lowest BCUT2D eigenvalue weighted by Crippen LogP contribution is -2.08. The van der Waals surface area contributed by atoms with Crippen LogP contribution in [-0.4, -0.2) is 4.98 Å². The molecular formula is C19H11F7N2O. The molecule has 0 amide bonds. The fourth-order valence-corrected chi connectivity index (χ4v) is 2.41. The fraction of sp³-hybridized carbons (Fsp3) is 0.105. The maximum absolute atomic E-state index is 13.6. The van der Waals surface area contributed by atoms with Crippen LogP contribution >= 0.6 is 0 Å². The van der Waals surface area contributed by atoms with Gasteiger partial charge in [-0.3, -0.25) is 0 Å². The van der Waals surface area contributed by atoms with Gasteiger partial charge >= 0.3 is 6.18 Å². The Morgan fingerprint density at radius 3 is 2.14 bits per heavy atom. The van der Waals surface area contributed by atoms with Crippen LogP contribution in [0.2, 0.25) is 0 Å². The van der Waals surface area contributed by atoms with E-state index in [1.807, 2.05) is 0 Å². The summed E-state index contributed by atoms with van der Waals surface area (Å²) in [6, 6.07) is 5.38. The van der Waals surface area contributed by atoms with Gasteiger partial charge in [0.2, 0.25) is 0 Å². The molecule has 0 fully saturated rings. The molecular weight excluding hydrogens is 405 g/mol. The van der Waals surface area contributed by atoms with Gasteiger partial charge in [-0.05, 0) is 24.3 Å². The molecule has 0 radical (unpaired) electrons. The molecule has 10 heteroatoms. The van der Waals surface area contributed by atoms with E-state index in [-0.39, 0.29) is 18.1 Å². The normalized spacial score (nSPS) is 11.4. The van der Waals surface area contributed by atoms with Crippen molar-refractivity contribution in [2.24, 2.45) is 0 Å². The van der Waals surface area contributed by atoms with Gasteiger partial charge in [-0.15, -0.1) is 0 Å². The Kier molecular flexibility index (Phi) is 5.62. The zero-order valence-corrected chi connectivity index (χ0v) is 14.3. The summed E-state index contributed by atoms with van der Waals surface area (Å²) in [5.41, 5.74) is -1.58. The van der Waals surface area contributed by atoms with E-state index in [1.54, 1.807) is 0 Å². The Balaban J connectivity index is 1.73. The molecule has 3 nitrogen and oxygen atoms in total. The molecule has 0 unspecified atom stereocenters. The molecule has 2 aromatic carbocycles. The van der Waals surface area contributed by atoms with Crippen LogP contribution in [0.3, 0.4) is 0 Å². The number of hydrogen-bond donors (Lipinski definition) is 1. The van der Waals surface area contributed by atoms with Crippen molar-refractivity contribution >= 4 is 5.82 Å². The molecule has 3 aromatic rings. The molecule has 0 aliphatic carbocycles. The second kappa shape index (κ2) is 7.98. The van der Waals surface area contributed by atoms with E-state index in [2.05, 4.69) is 10.3 Å². The monoisotopic (exact) mass is 416 g/mol. The number of alkyl halides is 3. The fourth-order valence-electron chi connectivity index (χ4n) is 2.41. The quantitative estimate of drug-likeness (QED) is 0.514. The van der Waals surface area contributed by atoms with E-state index in [0.29, 0.717) is 30.3 Å². The summed E-state index contributed by atoms with van der Waals surface area (Å²) in [5.74, 6) is -4.87. The molecule has 0 bridgehead atoms. The highest BCUT2D eigenvalue weighted by atomic mass is 19.4. The van der Waals surface area contributed by atoms with Crippen molar-refractivity contribution < 1.29 is 35.5 Å². The van der Waals surface area contributed by atoms with Crippen LogP contribution < -0.4 is 10.1 Å². The van der Waals surface area contributed by atoms with Crippen molar-refractivity contribution in [2.75, 3.05) is 5.32 Å². The van der Waals surface area contributed by atoms with Crippen molar-refractivity contribution in [3.63, 3.8) is 0 Å². The molecule has 29 heavy (non-hydrogen) atoms.